The van der Waals surface area contributed by atoms with Gasteiger partial charge < -0.3 is 5.32 Å². The molecule has 0 bridgehead atoms. The zero-order valence-electron chi connectivity index (χ0n) is 12.8. The van der Waals surface area contributed by atoms with Crippen LogP contribution in [0.5, 0.6) is 0 Å². The van der Waals surface area contributed by atoms with Crippen LogP contribution in [0.4, 0.5) is 0 Å². The van der Waals surface area contributed by atoms with Crippen molar-refractivity contribution in [2.75, 3.05) is 13.1 Å². The van der Waals surface area contributed by atoms with E-state index >= 15 is 0 Å². The lowest BCUT2D eigenvalue weighted by molar-refractivity contribution is 0.507. The first-order valence-corrected chi connectivity index (χ1v) is 7.66. The number of rotatable bonds is 7. The van der Waals surface area contributed by atoms with Crippen molar-refractivity contribution in [1.82, 2.24) is 15.3 Å². The zero-order chi connectivity index (χ0) is 13.8. The predicted octanol–water partition coefficient (Wildman–Crippen LogP) is 3.15. The number of nitrogens with one attached hydrogen (secondary N) is 1. The first-order valence-electron chi connectivity index (χ1n) is 7.66. The van der Waals surface area contributed by atoms with Gasteiger partial charge in [-0.2, -0.15) is 0 Å². The second-order valence-electron chi connectivity index (χ2n) is 6.02. The van der Waals surface area contributed by atoms with Gasteiger partial charge >= 0.3 is 0 Å². The van der Waals surface area contributed by atoms with E-state index in [4.69, 9.17) is 9.97 Å². The highest BCUT2D eigenvalue weighted by Crippen LogP contribution is 2.38. The number of aryl methyl sites for hydroxylation is 2. The molecule has 2 rings (SSSR count). The van der Waals surface area contributed by atoms with E-state index in [1.807, 2.05) is 0 Å². The normalized spacial score (nSPS) is 16.6. The largest absolute Gasteiger partial charge is 0.316 e. The highest BCUT2D eigenvalue weighted by Gasteiger charge is 2.27. The summed E-state index contributed by atoms with van der Waals surface area (Å²) >= 11 is 0. The van der Waals surface area contributed by atoms with Crippen molar-refractivity contribution >= 4 is 0 Å². The summed E-state index contributed by atoms with van der Waals surface area (Å²) in [5.74, 6) is 2.37. The average molecular weight is 261 g/mol. The molecule has 1 fully saturated rings. The monoisotopic (exact) mass is 261 g/mol. The lowest BCUT2D eigenvalue weighted by Crippen LogP contribution is -2.23. The average Bonchev–Trinajstić information content (AvgIpc) is 3.18. The van der Waals surface area contributed by atoms with Crippen molar-refractivity contribution in [2.45, 2.75) is 59.3 Å². The quantitative estimate of drug-likeness (QED) is 0.766. The van der Waals surface area contributed by atoms with E-state index in [0.717, 1.165) is 25.3 Å². The summed E-state index contributed by atoms with van der Waals surface area (Å²) in [4.78, 5) is 9.43. The molecular formula is C16H27N3. The van der Waals surface area contributed by atoms with E-state index in [2.05, 4.69) is 33.0 Å². The number of nitrogens with zero attached hydrogens (tertiary/aromatic N) is 2. The Kier molecular flexibility index (Phi) is 4.92. The summed E-state index contributed by atoms with van der Waals surface area (Å²) in [6, 6.07) is 0. The molecule has 1 unspecified atom stereocenters. The molecule has 0 spiro atoms. The van der Waals surface area contributed by atoms with Crippen molar-refractivity contribution in [1.29, 1.82) is 0 Å². The predicted molar refractivity (Wildman–Crippen MR) is 79.5 cm³/mol. The molecule has 1 heterocycles. The fourth-order valence-electron chi connectivity index (χ4n) is 2.53. The Morgan fingerprint density at radius 1 is 1.21 bits per heavy atom. The van der Waals surface area contributed by atoms with Gasteiger partial charge in [0.25, 0.3) is 0 Å². The molecule has 0 saturated heterocycles. The maximum Gasteiger partial charge on any atom is 0.131 e. The maximum atomic E-state index is 4.71. The van der Waals surface area contributed by atoms with E-state index in [1.54, 1.807) is 0 Å². The third kappa shape index (κ3) is 4.00. The van der Waals surface area contributed by atoms with Crippen LogP contribution in [-0.4, -0.2) is 23.1 Å². The van der Waals surface area contributed by atoms with Gasteiger partial charge in [0.05, 0.1) is 0 Å². The molecule has 1 aromatic rings. The topological polar surface area (TPSA) is 37.8 Å². The van der Waals surface area contributed by atoms with Gasteiger partial charge in [0.15, 0.2) is 0 Å². The van der Waals surface area contributed by atoms with Crippen molar-refractivity contribution in [3.05, 3.63) is 22.8 Å². The van der Waals surface area contributed by atoms with Gasteiger partial charge in [0, 0.05) is 17.3 Å². The van der Waals surface area contributed by atoms with Crippen LogP contribution in [0.15, 0.2) is 0 Å². The fraction of sp³-hybridized carbons (Fsp3) is 0.750. The van der Waals surface area contributed by atoms with E-state index < -0.39 is 0 Å². The summed E-state index contributed by atoms with van der Waals surface area (Å²) in [5.41, 5.74) is 3.74. The van der Waals surface area contributed by atoms with Crippen molar-refractivity contribution in [2.24, 2.45) is 5.92 Å². The molecular weight excluding hydrogens is 234 g/mol. The molecule has 0 aliphatic heterocycles. The van der Waals surface area contributed by atoms with Crippen LogP contribution in [0.1, 0.15) is 61.8 Å². The van der Waals surface area contributed by atoms with Crippen LogP contribution in [0.25, 0.3) is 0 Å². The number of hydrogen-bond acceptors (Lipinski definition) is 3. The molecule has 1 aliphatic rings. The summed E-state index contributed by atoms with van der Waals surface area (Å²) < 4.78 is 0. The first kappa shape index (κ1) is 14.4. The summed E-state index contributed by atoms with van der Waals surface area (Å²) in [6.07, 6.45) is 4.83. The summed E-state index contributed by atoms with van der Waals surface area (Å²) in [7, 11) is 0. The Hall–Kier alpha value is -0.960. The van der Waals surface area contributed by atoms with Crippen LogP contribution in [0.3, 0.4) is 0 Å². The highest BCUT2D eigenvalue weighted by molar-refractivity contribution is 5.26. The smallest absolute Gasteiger partial charge is 0.131 e. The van der Waals surface area contributed by atoms with E-state index in [1.165, 1.54) is 36.2 Å². The van der Waals surface area contributed by atoms with Gasteiger partial charge in [-0.1, -0.05) is 13.8 Å². The molecule has 0 aromatic carbocycles. The van der Waals surface area contributed by atoms with Gasteiger partial charge in [-0.25, -0.2) is 9.97 Å². The molecule has 3 heteroatoms. The molecule has 0 radical (unpaired) electrons. The molecule has 1 aliphatic carbocycles. The standard InChI is InChI=1S/C16H27N3/c1-5-8-17-10-11(2)9-15-12(3)18-16(14-6-7-14)19-13(15)4/h11,14,17H,5-10H2,1-4H3. The molecule has 1 atom stereocenters. The van der Waals surface area contributed by atoms with Gasteiger partial charge in [0.1, 0.15) is 5.82 Å². The Labute approximate surface area is 117 Å². The second kappa shape index (κ2) is 6.47. The molecule has 1 aromatic heterocycles. The number of hydrogen-bond donors (Lipinski definition) is 1. The Bertz CT molecular complexity index is 401. The SMILES string of the molecule is CCCNCC(C)Cc1c(C)nc(C2CC2)nc1C. The zero-order valence-corrected chi connectivity index (χ0v) is 12.8. The van der Waals surface area contributed by atoms with Crippen molar-refractivity contribution in [3.63, 3.8) is 0 Å². The van der Waals surface area contributed by atoms with Gasteiger partial charge in [0.2, 0.25) is 0 Å². The molecule has 1 N–H and O–H groups in total. The van der Waals surface area contributed by atoms with Crippen molar-refractivity contribution in [3.8, 4) is 0 Å². The molecule has 0 amide bonds. The first-order chi connectivity index (χ1) is 9.11. The minimum atomic E-state index is 0.638. The van der Waals surface area contributed by atoms with Crippen LogP contribution in [-0.2, 0) is 6.42 Å². The summed E-state index contributed by atoms with van der Waals surface area (Å²) in [6.45, 7) is 11.0. The van der Waals surface area contributed by atoms with E-state index in [-0.39, 0.29) is 0 Å². The molecule has 106 valence electrons. The third-order valence-corrected chi connectivity index (χ3v) is 3.85. The minimum absolute atomic E-state index is 0.638. The van der Waals surface area contributed by atoms with Crippen LogP contribution < -0.4 is 5.32 Å². The lowest BCUT2D eigenvalue weighted by atomic mass is 9.98. The van der Waals surface area contributed by atoms with Crippen molar-refractivity contribution < 1.29 is 0 Å². The molecule has 19 heavy (non-hydrogen) atoms. The van der Waals surface area contributed by atoms with Gasteiger partial charge in [-0.05, 0) is 64.1 Å². The van der Waals surface area contributed by atoms with Crippen LogP contribution in [0.2, 0.25) is 0 Å². The fourth-order valence-corrected chi connectivity index (χ4v) is 2.53. The summed E-state index contributed by atoms with van der Waals surface area (Å²) in [5, 5.41) is 3.49. The highest BCUT2D eigenvalue weighted by atomic mass is 14.9. The van der Waals surface area contributed by atoms with Gasteiger partial charge in [-0.3, -0.25) is 0 Å². The second-order valence-corrected chi connectivity index (χ2v) is 6.02. The maximum absolute atomic E-state index is 4.71. The van der Waals surface area contributed by atoms with Crippen LogP contribution in [0, 0.1) is 19.8 Å². The third-order valence-electron chi connectivity index (χ3n) is 3.85. The number of aromatic nitrogens is 2. The molecule has 1 saturated carbocycles. The van der Waals surface area contributed by atoms with Crippen LogP contribution >= 0.6 is 0 Å². The Balaban J connectivity index is 1.99. The molecule has 3 nitrogen and oxygen atoms in total. The lowest BCUT2D eigenvalue weighted by Gasteiger charge is -2.16. The Morgan fingerprint density at radius 3 is 2.37 bits per heavy atom. The van der Waals surface area contributed by atoms with Gasteiger partial charge in [-0.15, -0.1) is 0 Å². The Morgan fingerprint density at radius 2 is 1.84 bits per heavy atom. The minimum Gasteiger partial charge on any atom is -0.316 e. The van der Waals surface area contributed by atoms with E-state index in [0.29, 0.717) is 11.8 Å². The van der Waals surface area contributed by atoms with E-state index in [9.17, 15) is 0 Å².